The third kappa shape index (κ3) is 3.91. The van der Waals surface area contributed by atoms with Gasteiger partial charge >= 0.3 is 179 Å². The minimum absolute atomic E-state index is 0.0940. The Balaban J connectivity index is 1.72. The van der Waals surface area contributed by atoms with Gasteiger partial charge in [-0.15, -0.1) is 0 Å². The van der Waals surface area contributed by atoms with E-state index in [1.54, 1.807) is 19.3 Å². The quantitative estimate of drug-likeness (QED) is 0.277. The summed E-state index contributed by atoms with van der Waals surface area (Å²) in [6, 6.07) is 17.9. The number of hydrogen-bond donors (Lipinski definition) is 1. The van der Waals surface area contributed by atoms with Gasteiger partial charge in [0.05, 0.1) is 0 Å². The number of hydrogen-bond acceptors (Lipinski definition) is 5. The molecule has 29 heavy (non-hydrogen) atoms. The second-order valence-corrected chi connectivity index (χ2v) is 8.92. The molecule has 2 aromatic heterocycles. The van der Waals surface area contributed by atoms with Gasteiger partial charge in [-0.1, -0.05) is 0 Å². The first-order valence-electron chi connectivity index (χ1n) is 8.75. The van der Waals surface area contributed by atoms with Crippen LogP contribution in [0.2, 0.25) is 0 Å². The van der Waals surface area contributed by atoms with Crippen molar-refractivity contribution in [2.75, 3.05) is 11.9 Å². The number of likely N-dealkylation sites (N-methyl/N-ethyl adjacent to an activating group) is 1. The van der Waals surface area contributed by atoms with Gasteiger partial charge in [-0.25, -0.2) is 0 Å². The number of amides is 2. The molecule has 1 fully saturated rings. The third-order valence-electron chi connectivity index (χ3n) is 4.34. The monoisotopic (exact) mass is 468 g/mol. The van der Waals surface area contributed by atoms with Crippen LogP contribution in [0.3, 0.4) is 0 Å². The van der Waals surface area contributed by atoms with Crippen molar-refractivity contribution in [3.05, 3.63) is 77.0 Å². The van der Waals surface area contributed by atoms with Crippen LogP contribution in [0.25, 0.3) is 6.08 Å². The average molecular weight is 467 g/mol. The first-order chi connectivity index (χ1) is 14.0. The Morgan fingerprint density at radius 2 is 1.83 bits per heavy atom. The second-order valence-electron chi connectivity index (χ2n) is 6.24. The van der Waals surface area contributed by atoms with E-state index in [1.807, 2.05) is 60.8 Å². The van der Waals surface area contributed by atoms with Crippen molar-refractivity contribution in [2.45, 2.75) is 0 Å². The third-order valence-corrected chi connectivity index (χ3v) is 6.85. The second kappa shape index (κ2) is 8.13. The van der Waals surface area contributed by atoms with Crippen molar-refractivity contribution in [1.29, 1.82) is 0 Å². The standard InChI is InChI=1S/C21H16N4O2SSe/c1-24-20(27)17(19(26)23-21(24)28)12-16-9-10-18(29-16)25(14-6-3-2-4-7-14)15-8-5-11-22-13-15/h2-13H,1H3,(H,23,26,28)/b17-12+. The molecular weight excluding hydrogens is 451 g/mol. The topological polar surface area (TPSA) is 65.5 Å². The molecule has 0 radical (unpaired) electrons. The summed E-state index contributed by atoms with van der Waals surface area (Å²) in [6.07, 6.45) is 5.21. The van der Waals surface area contributed by atoms with E-state index in [1.165, 1.54) is 4.90 Å². The molecule has 1 saturated heterocycles. The Morgan fingerprint density at radius 1 is 1.07 bits per heavy atom. The molecule has 6 nitrogen and oxygen atoms in total. The minimum atomic E-state index is -0.463. The maximum atomic E-state index is 12.4. The summed E-state index contributed by atoms with van der Waals surface area (Å²) in [4.78, 5) is 32.3. The van der Waals surface area contributed by atoms with Crippen molar-refractivity contribution >= 4 is 65.7 Å². The van der Waals surface area contributed by atoms with E-state index in [4.69, 9.17) is 12.2 Å². The van der Waals surface area contributed by atoms with Crippen LogP contribution in [-0.4, -0.2) is 48.4 Å². The normalized spacial score (nSPS) is 15.6. The molecule has 0 spiro atoms. The van der Waals surface area contributed by atoms with Crippen molar-refractivity contribution in [3.63, 3.8) is 0 Å². The van der Waals surface area contributed by atoms with E-state index in [2.05, 4.69) is 15.2 Å². The molecule has 0 aliphatic carbocycles. The summed E-state index contributed by atoms with van der Waals surface area (Å²) in [5.41, 5.74) is 2.06. The van der Waals surface area contributed by atoms with Crippen molar-refractivity contribution < 1.29 is 9.59 Å². The molecular formula is C21H16N4O2SSe. The van der Waals surface area contributed by atoms with Gasteiger partial charge in [0.15, 0.2) is 0 Å². The number of thiocarbonyl (C=S) groups is 1. The van der Waals surface area contributed by atoms with Gasteiger partial charge in [0.2, 0.25) is 0 Å². The Morgan fingerprint density at radius 3 is 2.55 bits per heavy atom. The first kappa shape index (κ1) is 19.3. The molecule has 1 aromatic carbocycles. The zero-order valence-electron chi connectivity index (χ0n) is 15.4. The number of nitrogens with one attached hydrogen (secondary N) is 1. The molecule has 0 atom stereocenters. The van der Waals surface area contributed by atoms with Gasteiger partial charge in [-0.2, -0.15) is 0 Å². The van der Waals surface area contributed by atoms with Crippen LogP contribution in [0.15, 0.2) is 72.6 Å². The fraction of sp³-hybridized carbons (Fsp3) is 0.0476. The van der Waals surface area contributed by atoms with Crippen LogP contribution >= 0.6 is 12.2 Å². The number of nitrogens with zero attached hydrogens (tertiary/aromatic N) is 3. The molecule has 4 rings (SSSR count). The molecule has 0 saturated carbocycles. The predicted molar refractivity (Wildman–Crippen MR) is 117 cm³/mol. The molecule has 1 N–H and O–H groups in total. The number of para-hydroxylation sites is 1. The number of pyridine rings is 1. The molecule has 1 aliphatic rings. The van der Waals surface area contributed by atoms with Crippen LogP contribution in [0.1, 0.15) is 4.44 Å². The van der Waals surface area contributed by atoms with Crippen molar-refractivity contribution in [3.8, 4) is 0 Å². The summed E-state index contributed by atoms with van der Waals surface area (Å²) in [7, 11) is 1.55. The molecule has 1 aliphatic heterocycles. The summed E-state index contributed by atoms with van der Waals surface area (Å²) in [5.74, 6) is -0.855. The number of carbonyl (C=O) groups excluding carboxylic acids is 2. The molecule has 8 heteroatoms. The molecule has 2 amide bonds. The molecule has 0 bridgehead atoms. The zero-order valence-corrected chi connectivity index (χ0v) is 17.9. The zero-order chi connectivity index (χ0) is 20.4. The number of rotatable bonds is 4. The van der Waals surface area contributed by atoms with Crippen molar-refractivity contribution in [2.24, 2.45) is 0 Å². The van der Waals surface area contributed by atoms with E-state index in [-0.39, 0.29) is 25.2 Å². The number of aromatic nitrogens is 1. The predicted octanol–water partition coefficient (Wildman–Crippen LogP) is 2.86. The molecule has 3 heterocycles. The van der Waals surface area contributed by atoms with E-state index in [9.17, 15) is 9.59 Å². The van der Waals surface area contributed by atoms with Gasteiger partial charge in [-0.05, 0) is 0 Å². The van der Waals surface area contributed by atoms with E-state index >= 15 is 0 Å². The summed E-state index contributed by atoms with van der Waals surface area (Å²) >= 11 is 4.89. The Kier molecular flexibility index (Phi) is 5.40. The fourth-order valence-corrected chi connectivity index (χ4v) is 5.15. The SMILES string of the molecule is CN1C(=O)/C(=C/c2ccc(N(c3ccccc3)c3cccnc3)[se]2)C(=O)NC1=S. The van der Waals surface area contributed by atoms with Gasteiger partial charge in [0.25, 0.3) is 0 Å². The summed E-state index contributed by atoms with van der Waals surface area (Å²) < 4.78 is 2.01. The maximum absolute atomic E-state index is 12.4. The van der Waals surface area contributed by atoms with Gasteiger partial charge in [0.1, 0.15) is 0 Å². The van der Waals surface area contributed by atoms with E-state index in [0.29, 0.717) is 0 Å². The van der Waals surface area contributed by atoms with Gasteiger partial charge < -0.3 is 0 Å². The average Bonchev–Trinajstić information content (AvgIpc) is 3.19. The van der Waals surface area contributed by atoms with Crippen LogP contribution < -0.4 is 10.2 Å². The number of benzene rings is 1. The Bertz CT molecular complexity index is 1070. The molecule has 0 unspecified atom stereocenters. The van der Waals surface area contributed by atoms with Crippen molar-refractivity contribution in [1.82, 2.24) is 15.2 Å². The Labute approximate surface area is 179 Å². The molecule has 3 aromatic rings. The van der Waals surface area contributed by atoms with Crippen LogP contribution in [0.4, 0.5) is 15.9 Å². The number of carbonyl (C=O) groups is 2. The summed E-state index contributed by atoms with van der Waals surface area (Å²) in [5, 5.41) is 2.66. The van der Waals surface area contributed by atoms with Gasteiger partial charge in [0, 0.05) is 0 Å². The van der Waals surface area contributed by atoms with Crippen LogP contribution in [0, 0.1) is 0 Å². The van der Waals surface area contributed by atoms with E-state index in [0.717, 1.165) is 20.4 Å². The van der Waals surface area contributed by atoms with Gasteiger partial charge in [-0.3, -0.25) is 0 Å². The summed E-state index contributed by atoms with van der Waals surface area (Å²) in [6.45, 7) is 0. The van der Waals surface area contributed by atoms with E-state index < -0.39 is 11.8 Å². The van der Waals surface area contributed by atoms with Crippen LogP contribution in [0.5, 0.6) is 0 Å². The van der Waals surface area contributed by atoms with Crippen LogP contribution in [-0.2, 0) is 9.59 Å². The Hall–Kier alpha value is -3.06. The molecule has 144 valence electrons. The number of anilines is 3. The first-order valence-corrected chi connectivity index (χ1v) is 10.9. The fourth-order valence-electron chi connectivity index (χ4n) is 2.89.